The van der Waals surface area contributed by atoms with E-state index in [1.165, 1.54) is 0 Å². The van der Waals surface area contributed by atoms with E-state index in [2.05, 4.69) is 6.58 Å². The van der Waals surface area contributed by atoms with Crippen LogP contribution in [0.4, 0.5) is 0 Å². The number of hydrogen-bond acceptors (Lipinski definition) is 4. The highest BCUT2D eigenvalue weighted by Crippen LogP contribution is 2.54. The van der Waals surface area contributed by atoms with Gasteiger partial charge in [0.25, 0.3) is 0 Å². The van der Waals surface area contributed by atoms with E-state index in [0.29, 0.717) is 24.8 Å². The van der Waals surface area contributed by atoms with Crippen molar-refractivity contribution >= 4 is 5.97 Å². The molecule has 2 N–H and O–H groups in total. The van der Waals surface area contributed by atoms with Crippen LogP contribution in [0.1, 0.15) is 39.5 Å². The van der Waals surface area contributed by atoms with E-state index < -0.39 is 11.2 Å². The molecule has 0 bridgehead atoms. The Balaban J connectivity index is 1.98. The normalized spacial score (nSPS) is 53.5. The predicted molar refractivity (Wildman–Crippen MR) is 69.2 cm³/mol. The molecule has 3 fully saturated rings. The van der Waals surface area contributed by atoms with Crippen molar-refractivity contribution in [1.29, 1.82) is 0 Å². The zero-order chi connectivity index (χ0) is 14.0. The summed E-state index contributed by atoms with van der Waals surface area (Å²) in [5.41, 5.74) is -1.16. The van der Waals surface area contributed by atoms with Gasteiger partial charge in [0.15, 0.2) is 0 Å². The monoisotopic (exact) mass is 266 g/mol. The second-order valence-electron chi connectivity index (χ2n) is 6.98. The zero-order valence-corrected chi connectivity index (χ0v) is 11.6. The summed E-state index contributed by atoms with van der Waals surface area (Å²) in [4.78, 5) is 11.7. The number of carbonyl (C=O) groups is 1. The maximum absolute atomic E-state index is 11.7. The molecule has 106 valence electrons. The van der Waals surface area contributed by atoms with Crippen LogP contribution in [0.5, 0.6) is 0 Å². The van der Waals surface area contributed by atoms with E-state index in [1.54, 1.807) is 0 Å². The fraction of sp³-hybridized carbons (Fsp3) is 0.800. The molecule has 6 atom stereocenters. The van der Waals surface area contributed by atoms with Crippen LogP contribution in [0.25, 0.3) is 0 Å². The first-order valence-electron chi connectivity index (χ1n) is 7.07. The minimum Gasteiger partial charge on any atom is -0.458 e. The summed E-state index contributed by atoms with van der Waals surface area (Å²) in [6, 6.07) is 0. The Morgan fingerprint density at radius 3 is 2.63 bits per heavy atom. The molecular formula is C15H22O4. The highest BCUT2D eigenvalue weighted by molar-refractivity contribution is 5.90. The van der Waals surface area contributed by atoms with Crippen molar-refractivity contribution in [2.24, 2.45) is 17.8 Å². The van der Waals surface area contributed by atoms with Gasteiger partial charge in [-0.25, -0.2) is 4.79 Å². The van der Waals surface area contributed by atoms with Crippen molar-refractivity contribution < 1.29 is 19.7 Å². The Bertz CT molecular complexity index is 437. The van der Waals surface area contributed by atoms with Crippen molar-refractivity contribution in [1.82, 2.24) is 0 Å². The Labute approximate surface area is 113 Å². The Morgan fingerprint density at radius 2 is 1.95 bits per heavy atom. The van der Waals surface area contributed by atoms with Gasteiger partial charge in [-0.05, 0) is 44.9 Å². The van der Waals surface area contributed by atoms with Gasteiger partial charge < -0.3 is 14.9 Å². The molecule has 0 radical (unpaired) electrons. The summed E-state index contributed by atoms with van der Waals surface area (Å²) in [7, 11) is 0. The summed E-state index contributed by atoms with van der Waals surface area (Å²) in [6.45, 7) is 7.48. The molecule has 0 spiro atoms. The summed E-state index contributed by atoms with van der Waals surface area (Å²) in [5, 5.41) is 21.3. The minimum absolute atomic E-state index is 0.00347. The summed E-state index contributed by atoms with van der Waals surface area (Å²) >= 11 is 0. The molecule has 0 aromatic rings. The predicted octanol–water partition coefficient (Wildman–Crippen LogP) is 1.41. The van der Waals surface area contributed by atoms with Crippen LogP contribution in [0.3, 0.4) is 0 Å². The third-order valence-corrected chi connectivity index (χ3v) is 5.58. The first-order chi connectivity index (χ1) is 8.72. The third kappa shape index (κ3) is 1.84. The third-order valence-electron chi connectivity index (χ3n) is 5.58. The molecule has 2 saturated carbocycles. The van der Waals surface area contributed by atoms with E-state index in [4.69, 9.17) is 4.74 Å². The van der Waals surface area contributed by atoms with Gasteiger partial charge in [0.2, 0.25) is 0 Å². The molecule has 1 saturated heterocycles. The van der Waals surface area contributed by atoms with E-state index in [1.807, 2.05) is 13.8 Å². The van der Waals surface area contributed by atoms with Crippen molar-refractivity contribution in [3.63, 3.8) is 0 Å². The lowest BCUT2D eigenvalue weighted by molar-refractivity contribution is -0.142. The van der Waals surface area contributed by atoms with Crippen LogP contribution < -0.4 is 0 Å². The molecule has 4 heteroatoms. The van der Waals surface area contributed by atoms with Crippen molar-refractivity contribution in [2.75, 3.05) is 0 Å². The smallest absolute Gasteiger partial charge is 0.334 e. The average molecular weight is 266 g/mol. The van der Waals surface area contributed by atoms with Crippen LogP contribution in [0.15, 0.2) is 12.2 Å². The zero-order valence-electron chi connectivity index (χ0n) is 11.6. The quantitative estimate of drug-likeness (QED) is 0.514. The maximum atomic E-state index is 11.7. The first kappa shape index (κ1) is 13.1. The van der Waals surface area contributed by atoms with Crippen LogP contribution >= 0.6 is 0 Å². The standard InChI is InChI=1S/C15H22O4/c1-8-9-6-11-10(4-5-14(11,2)17)15(3,18)7-12(9)19-13(8)16/h9-12,17-18H,1,4-7H2,2-3H3/t9-,10-,11+,12-,14-,15+/m1/s1. The molecule has 1 heterocycles. The largest absolute Gasteiger partial charge is 0.458 e. The van der Waals surface area contributed by atoms with Gasteiger partial charge in [0.05, 0.1) is 11.2 Å². The number of hydrogen-bond donors (Lipinski definition) is 2. The van der Waals surface area contributed by atoms with Gasteiger partial charge in [-0.15, -0.1) is 0 Å². The minimum atomic E-state index is -0.893. The summed E-state index contributed by atoms with van der Waals surface area (Å²) in [6.07, 6.45) is 2.38. The van der Waals surface area contributed by atoms with Crippen LogP contribution in [0, 0.1) is 17.8 Å². The molecule has 2 aliphatic carbocycles. The number of fused-ring (bicyclic) bond motifs is 2. The number of esters is 1. The Hall–Kier alpha value is -0.870. The SMILES string of the molecule is C=C1C(=O)O[C@@H]2C[C@](C)(O)[C@@H]3CC[C@@](C)(O)[C@H]3C[C@H]12. The Kier molecular flexibility index (Phi) is 2.64. The molecule has 3 rings (SSSR count). The van der Waals surface area contributed by atoms with Crippen LogP contribution in [0.2, 0.25) is 0 Å². The lowest BCUT2D eigenvalue weighted by atomic mass is 9.76. The molecule has 0 amide bonds. The molecule has 19 heavy (non-hydrogen) atoms. The van der Waals surface area contributed by atoms with E-state index >= 15 is 0 Å². The summed E-state index contributed by atoms with van der Waals surface area (Å²) < 4.78 is 5.35. The van der Waals surface area contributed by atoms with Crippen LogP contribution in [-0.2, 0) is 9.53 Å². The topological polar surface area (TPSA) is 66.8 Å². The number of aliphatic hydroxyl groups is 2. The lowest BCUT2D eigenvalue weighted by Gasteiger charge is -2.35. The van der Waals surface area contributed by atoms with Gasteiger partial charge in [-0.3, -0.25) is 0 Å². The van der Waals surface area contributed by atoms with E-state index in [9.17, 15) is 15.0 Å². The van der Waals surface area contributed by atoms with Gasteiger partial charge in [-0.2, -0.15) is 0 Å². The van der Waals surface area contributed by atoms with Gasteiger partial charge in [-0.1, -0.05) is 6.58 Å². The number of ether oxygens (including phenoxy) is 1. The molecule has 0 aromatic heterocycles. The van der Waals surface area contributed by atoms with Gasteiger partial charge >= 0.3 is 5.97 Å². The highest BCUT2D eigenvalue weighted by Gasteiger charge is 2.57. The lowest BCUT2D eigenvalue weighted by Crippen LogP contribution is -2.41. The fourth-order valence-corrected chi connectivity index (χ4v) is 4.41. The average Bonchev–Trinajstić information content (AvgIpc) is 2.66. The molecule has 1 aliphatic heterocycles. The van der Waals surface area contributed by atoms with E-state index in [0.717, 1.165) is 6.42 Å². The van der Waals surface area contributed by atoms with Crippen molar-refractivity contribution in [3.8, 4) is 0 Å². The summed E-state index contributed by atoms with van der Waals surface area (Å²) in [5.74, 6) is -0.330. The second-order valence-corrected chi connectivity index (χ2v) is 6.98. The molecule has 0 unspecified atom stereocenters. The molecule has 4 nitrogen and oxygen atoms in total. The number of rotatable bonds is 0. The van der Waals surface area contributed by atoms with Gasteiger partial charge in [0.1, 0.15) is 6.10 Å². The second kappa shape index (κ2) is 3.83. The van der Waals surface area contributed by atoms with Gasteiger partial charge in [0, 0.05) is 17.9 Å². The first-order valence-corrected chi connectivity index (χ1v) is 7.07. The highest BCUT2D eigenvalue weighted by atomic mass is 16.6. The number of carbonyl (C=O) groups excluding carboxylic acids is 1. The van der Waals surface area contributed by atoms with Crippen LogP contribution in [-0.4, -0.2) is 33.5 Å². The fourth-order valence-electron chi connectivity index (χ4n) is 4.41. The molecule has 0 aromatic carbocycles. The molecule has 3 aliphatic rings. The van der Waals surface area contributed by atoms with E-state index in [-0.39, 0.29) is 29.8 Å². The molecular weight excluding hydrogens is 244 g/mol. The maximum Gasteiger partial charge on any atom is 0.334 e. The van der Waals surface area contributed by atoms with Crippen molar-refractivity contribution in [3.05, 3.63) is 12.2 Å². The van der Waals surface area contributed by atoms with Crippen molar-refractivity contribution in [2.45, 2.75) is 56.8 Å². The Morgan fingerprint density at radius 1 is 1.26 bits per heavy atom.